The summed E-state index contributed by atoms with van der Waals surface area (Å²) in [6, 6.07) is 0. The van der Waals surface area contributed by atoms with Gasteiger partial charge in [0.25, 0.3) is 0 Å². The van der Waals surface area contributed by atoms with Crippen molar-refractivity contribution in [2.24, 2.45) is 0 Å². The Labute approximate surface area is 57.5 Å². The van der Waals surface area contributed by atoms with Crippen LogP contribution in [0.5, 0.6) is 0 Å². The van der Waals surface area contributed by atoms with Crippen molar-refractivity contribution in [3.8, 4) is 0 Å². The maximum absolute atomic E-state index is 3.63. The van der Waals surface area contributed by atoms with E-state index < -0.39 is 0 Å². The molecule has 0 bridgehead atoms. The zero-order valence-corrected chi connectivity index (χ0v) is 6.26. The Morgan fingerprint density at radius 2 is 2.57 bits per heavy atom. The summed E-state index contributed by atoms with van der Waals surface area (Å²) in [6.07, 6.45) is 1.94. The van der Waals surface area contributed by atoms with Crippen LogP contribution in [0.2, 0.25) is 0 Å². The molecular weight excluding hydrogens is 201 g/mol. The molecule has 2 atom stereocenters. The Hall–Kier alpha value is 0.430. The summed E-state index contributed by atoms with van der Waals surface area (Å²) >= 11 is 2.42. The first-order chi connectivity index (χ1) is 3.34. The van der Waals surface area contributed by atoms with Crippen LogP contribution in [0.25, 0.3) is 0 Å². The van der Waals surface area contributed by atoms with E-state index in [-0.39, 0.29) is 0 Å². The predicted octanol–water partition coefficient (Wildman–Crippen LogP) is 1.25. The molecule has 2 unspecified atom stereocenters. The fourth-order valence-corrected chi connectivity index (χ4v) is 1.23. The molecule has 1 heterocycles. The van der Waals surface area contributed by atoms with Gasteiger partial charge in [-0.3, -0.25) is 4.90 Å². The van der Waals surface area contributed by atoms with Crippen molar-refractivity contribution in [1.82, 2.24) is 4.90 Å². The third-order valence-corrected chi connectivity index (χ3v) is 2.19. The highest BCUT2D eigenvalue weighted by Crippen LogP contribution is 2.22. The van der Waals surface area contributed by atoms with Gasteiger partial charge in [-0.2, -0.15) is 0 Å². The van der Waals surface area contributed by atoms with Gasteiger partial charge in [0.2, 0.25) is 0 Å². The lowest BCUT2D eigenvalue weighted by Gasteiger charge is -1.88. The Bertz CT molecular complexity index is 82.1. The third kappa shape index (κ3) is 1.42. The number of hydrogen-bond donors (Lipinski definition) is 0. The minimum Gasteiger partial charge on any atom is -0.284 e. The van der Waals surface area contributed by atoms with Gasteiger partial charge in [-0.05, 0) is 0 Å². The van der Waals surface area contributed by atoms with Gasteiger partial charge in [0.1, 0.15) is 0 Å². The lowest BCUT2D eigenvalue weighted by atomic mass is 10.6. The molecule has 0 aromatic carbocycles. The number of nitrogens with zero attached hydrogens (tertiary/aromatic N) is 1. The molecule has 1 rings (SSSR count). The van der Waals surface area contributed by atoms with E-state index in [1.165, 1.54) is 6.54 Å². The normalized spacial score (nSPS) is 37.9. The van der Waals surface area contributed by atoms with E-state index in [4.69, 9.17) is 0 Å². The highest BCUT2D eigenvalue weighted by Gasteiger charge is 2.28. The maximum Gasteiger partial charge on any atom is 0.0751 e. The van der Waals surface area contributed by atoms with Crippen LogP contribution in [0.1, 0.15) is 0 Å². The van der Waals surface area contributed by atoms with Gasteiger partial charge in [0, 0.05) is 13.1 Å². The second kappa shape index (κ2) is 2.13. The van der Waals surface area contributed by atoms with Crippen molar-refractivity contribution in [3.63, 3.8) is 0 Å². The summed E-state index contributed by atoms with van der Waals surface area (Å²) in [7, 11) is 0. The van der Waals surface area contributed by atoms with E-state index in [0.717, 1.165) is 10.6 Å². The quantitative estimate of drug-likeness (QED) is 0.217. The molecule has 0 amide bonds. The van der Waals surface area contributed by atoms with Gasteiger partial charge in [0.05, 0.1) is 4.05 Å². The van der Waals surface area contributed by atoms with Crippen LogP contribution in [0.3, 0.4) is 0 Å². The third-order valence-electron chi connectivity index (χ3n) is 1.01. The van der Waals surface area contributed by atoms with Crippen molar-refractivity contribution in [3.05, 3.63) is 12.7 Å². The lowest BCUT2D eigenvalue weighted by Crippen LogP contribution is -1.94. The Balaban J connectivity index is 2.08. The molecule has 40 valence electrons. The molecule has 1 saturated heterocycles. The summed E-state index contributed by atoms with van der Waals surface area (Å²) < 4.78 is 0.801. The molecule has 0 radical (unpaired) electrons. The molecule has 7 heavy (non-hydrogen) atoms. The number of alkyl halides is 1. The summed E-state index contributed by atoms with van der Waals surface area (Å²) in [5.41, 5.74) is 0. The molecular formula is C5H8IN. The lowest BCUT2D eigenvalue weighted by molar-refractivity contribution is 0.623. The molecule has 1 fully saturated rings. The number of hydrogen-bond acceptors (Lipinski definition) is 1. The summed E-state index contributed by atoms with van der Waals surface area (Å²) in [6.45, 7) is 5.95. The molecule has 1 nitrogen and oxygen atoms in total. The topological polar surface area (TPSA) is 3.01 Å². The van der Waals surface area contributed by atoms with E-state index in [0.29, 0.717) is 0 Å². The molecule has 0 aliphatic carbocycles. The summed E-state index contributed by atoms with van der Waals surface area (Å²) in [5.74, 6) is 0. The molecule has 0 saturated carbocycles. The molecule has 0 aromatic rings. The van der Waals surface area contributed by atoms with Crippen molar-refractivity contribution >= 4 is 22.6 Å². The van der Waals surface area contributed by atoms with Crippen LogP contribution in [0.15, 0.2) is 12.7 Å². The van der Waals surface area contributed by atoms with Gasteiger partial charge in [-0.15, -0.1) is 6.58 Å². The van der Waals surface area contributed by atoms with Crippen LogP contribution in [0.4, 0.5) is 0 Å². The molecule has 0 N–H and O–H groups in total. The van der Waals surface area contributed by atoms with Crippen LogP contribution in [0, 0.1) is 0 Å². The van der Waals surface area contributed by atoms with Gasteiger partial charge in [-0.1, -0.05) is 28.7 Å². The van der Waals surface area contributed by atoms with Crippen molar-refractivity contribution in [2.75, 3.05) is 13.1 Å². The first kappa shape index (κ1) is 5.56. The molecule has 2 heteroatoms. The van der Waals surface area contributed by atoms with Crippen molar-refractivity contribution in [1.29, 1.82) is 0 Å². The highest BCUT2D eigenvalue weighted by molar-refractivity contribution is 14.1. The summed E-state index contributed by atoms with van der Waals surface area (Å²) in [5, 5.41) is 0. The van der Waals surface area contributed by atoms with E-state index in [9.17, 15) is 0 Å². The van der Waals surface area contributed by atoms with E-state index >= 15 is 0 Å². The zero-order chi connectivity index (χ0) is 5.28. The van der Waals surface area contributed by atoms with Crippen LogP contribution in [-0.4, -0.2) is 22.0 Å². The van der Waals surface area contributed by atoms with Gasteiger partial charge in [0.15, 0.2) is 0 Å². The van der Waals surface area contributed by atoms with Crippen molar-refractivity contribution < 1.29 is 0 Å². The van der Waals surface area contributed by atoms with Crippen molar-refractivity contribution in [2.45, 2.75) is 4.05 Å². The molecule has 0 spiro atoms. The largest absolute Gasteiger partial charge is 0.284 e. The van der Waals surface area contributed by atoms with E-state index in [1.54, 1.807) is 0 Å². The Morgan fingerprint density at radius 1 is 2.00 bits per heavy atom. The minimum atomic E-state index is 0.801. The highest BCUT2D eigenvalue weighted by atomic mass is 127. The standard InChI is InChI=1S/C5H8IN/c1-2-3-7-4-5(7)6/h2,5H,1,3-4H2. The maximum atomic E-state index is 3.63. The van der Waals surface area contributed by atoms with Gasteiger partial charge < -0.3 is 0 Å². The van der Waals surface area contributed by atoms with Crippen LogP contribution in [-0.2, 0) is 0 Å². The van der Waals surface area contributed by atoms with Gasteiger partial charge >= 0.3 is 0 Å². The monoisotopic (exact) mass is 209 g/mol. The first-order valence-corrected chi connectivity index (χ1v) is 3.58. The molecule has 0 aromatic heterocycles. The second-order valence-corrected chi connectivity index (χ2v) is 3.11. The Kier molecular flexibility index (Phi) is 1.69. The average Bonchev–Trinajstić information content (AvgIpc) is 2.22. The van der Waals surface area contributed by atoms with E-state index in [1.807, 2.05) is 6.08 Å². The average molecular weight is 209 g/mol. The van der Waals surface area contributed by atoms with Gasteiger partial charge in [-0.25, -0.2) is 0 Å². The number of rotatable bonds is 2. The van der Waals surface area contributed by atoms with Crippen LogP contribution < -0.4 is 0 Å². The smallest absolute Gasteiger partial charge is 0.0751 e. The fraction of sp³-hybridized carbons (Fsp3) is 0.600. The fourth-order valence-electron chi connectivity index (χ4n) is 0.501. The second-order valence-electron chi connectivity index (χ2n) is 1.68. The summed E-state index contributed by atoms with van der Waals surface area (Å²) in [4.78, 5) is 2.34. The zero-order valence-electron chi connectivity index (χ0n) is 4.10. The van der Waals surface area contributed by atoms with Crippen LogP contribution >= 0.6 is 22.6 Å². The predicted molar refractivity (Wildman–Crippen MR) is 39.6 cm³/mol. The Morgan fingerprint density at radius 3 is 2.71 bits per heavy atom. The SMILES string of the molecule is C=CCN1CC1I. The first-order valence-electron chi connectivity index (χ1n) is 2.33. The molecule has 1 aliphatic rings. The minimum absolute atomic E-state index is 0.801. The number of halogens is 1. The molecule has 1 aliphatic heterocycles. The van der Waals surface area contributed by atoms with E-state index in [2.05, 4.69) is 34.1 Å².